The van der Waals surface area contributed by atoms with E-state index < -0.39 is 17.2 Å². The second-order valence-corrected chi connectivity index (χ2v) is 9.38. The van der Waals surface area contributed by atoms with Crippen LogP contribution in [0.4, 0.5) is 5.69 Å². The second kappa shape index (κ2) is 8.29. The summed E-state index contributed by atoms with van der Waals surface area (Å²) in [5, 5.41) is 4.98. The van der Waals surface area contributed by atoms with Gasteiger partial charge in [-0.2, -0.15) is 0 Å². The zero-order valence-electron chi connectivity index (χ0n) is 19.2. The molecule has 0 unspecified atom stereocenters. The molecule has 0 aromatic heterocycles. The summed E-state index contributed by atoms with van der Waals surface area (Å²) in [7, 11) is 0. The van der Waals surface area contributed by atoms with E-state index in [1.807, 2.05) is 42.5 Å². The van der Waals surface area contributed by atoms with Crippen molar-refractivity contribution in [3.8, 4) is 23.0 Å². The van der Waals surface area contributed by atoms with E-state index in [1.54, 1.807) is 6.08 Å². The van der Waals surface area contributed by atoms with Crippen LogP contribution in [0.25, 0.3) is 0 Å². The van der Waals surface area contributed by atoms with E-state index in [9.17, 15) is 9.59 Å². The molecule has 2 aromatic carbocycles. The first-order valence-corrected chi connectivity index (χ1v) is 11.7. The molecule has 1 saturated heterocycles. The monoisotopic (exact) mass is 475 g/mol. The minimum atomic E-state index is -0.506. The number of ether oxygens (including phenoxy) is 2. The highest BCUT2D eigenvalue weighted by Gasteiger charge is 2.41. The fraction of sp³-hybridized carbons (Fsp3) is 0.269. The van der Waals surface area contributed by atoms with Crippen molar-refractivity contribution in [2.45, 2.75) is 39.0 Å². The molecular formula is C26H25N3O4S. The smallest absolute Gasteiger partial charge is 0.263 e. The van der Waals surface area contributed by atoms with Gasteiger partial charge in [0.15, 0.2) is 28.1 Å². The van der Waals surface area contributed by atoms with E-state index in [0.717, 1.165) is 36.3 Å². The molecule has 0 saturated carbocycles. The minimum absolute atomic E-state index is 0.0181. The molecule has 2 aromatic rings. The average Bonchev–Trinajstić information content (AvgIpc) is 2.99. The third-order valence-electron chi connectivity index (χ3n) is 6.33. The van der Waals surface area contributed by atoms with Crippen molar-refractivity contribution in [3.05, 3.63) is 65.4 Å². The topological polar surface area (TPSA) is 79.9 Å². The van der Waals surface area contributed by atoms with Gasteiger partial charge in [-0.3, -0.25) is 20.2 Å². The lowest BCUT2D eigenvalue weighted by Crippen LogP contribution is -2.51. The summed E-state index contributed by atoms with van der Waals surface area (Å²) in [6.45, 7) is 7.19. The van der Waals surface area contributed by atoms with E-state index in [2.05, 4.69) is 36.3 Å². The number of hydrogen-bond acceptors (Lipinski definition) is 6. The number of carbonyl (C=O) groups excluding carboxylic acids is 2. The number of nitrogens with one attached hydrogen (secondary N) is 2. The van der Waals surface area contributed by atoms with Crippen LogP contribution < -0.4 is 25.0 Å². The number of unbranched alkanes of at least 4 members (excludes halogenated alkanes) is 1. The standard InChI is InChI=1S/C26H25N3O4S/c1-4-5-12-29-17-14-21-20(32-18-8-6-7-9-19(18)33-21)13-16(17)26(2,3)22(29)11-10-15-23(30)27-25(34)28-24(15)31/h6-11,13-14H,4-5,12H2,1-3H3,(H2,27,28,30,31,34)/b22-11+. The molecule has 3 aliphatic rings. The first kappa shape index (κ1) is 22.2. The number of thiocarbonyl (C=S) groups is 1. The Morgan fingerprint density at radius 3 is 2.21 bits per heavy atom. The molecule has 2 N–H and O–H groups in total. The van der Waals surface area contributed by atoms with Crippen LogP contribution in [-0.2, 0) is 15.0 Å². The van der Waals surface area contributed by atoms with E-state index >= 15 is 0 Å². The van der Waals surface area contributed by atoms with Crippen LogP contribution in [-0.4, -0.2) is 23.5 Å². The maximum Gasteiger partial charge on any atom is 0.263 e. The highest BCUT2D eigenvalue weighted by atomic mass is 32.1. The summed E-state index contributed by atoms with van der Waals surface area (Å²) in [5.41, 5.74) is 2.73. The Kier molecular flexibility index (Phi) is 5.40. The van der Waals surface area contributed by atoms with Gasteiger partial charge in [0.2, 0.25) is 0 Å². The van der Waals surface area contributed by atoms with Crippen molar-refractivity contribution >= 4 is 34.8 Å². The van der Waals surface area contributed by atoms with Crippen LogP contribution >= 0.6 is 12.2 Å². The Hall–Kier alpha value is -3.65. The number of hydrogen-bond donors (Lipinski definition) is 2. The Labute approximate surface area is 203 Å². The summed E-state index contributed by atoms with van der Waals surface area (Å²) in [6, 6.07) is 11.6. The molecule has 0 spiro atoms. The number of benzene rings is 2. The van der Waals surface area contributed by atoms with Crippen LogP contribution in [0.15, 0.2) is 59.8 Å². The molecule has 3 heterocycles. The van der Waals surface area contributed by atoms with Crippen molar-refractivity contribution in [1.29, 1.82) is 0 Å². The van der Waals surface area contributed by atoms with E-state index in [-0.39, 0.29) is 10.7 Å². The lowest BCUT2D eigenvalue weighted by atomic mass is 9.83. The molecule has 0 bridgehead atoms. The van der Waals surface area contributed by atoms with Crippen molar-refractivity contribution in [2.75, 3.05) is 11.4 Å². The molecular weight excluding hydrogens is 450 g/mol. The normalized spacial score (nSPS) is 18.9. The third-order valence-corrected chi connectivity index (χ3v) is 6.54. The van der Waals surface area contributed by atoms with Crippen molar-refractivity contribution in [3.63, 3.8) is 0 Å². The molecule has 7 nitrogen and oxygen atoms in total. The highest BCUT2D eigenvalue weighted by molar-refractivity contribution is 7.80. The lowest BCUT2D eigenvalue weighted by Gasteiger charge is -2.27. The summed E-state index contributed by atoms with van der Waals surface area (Å²) >= 11 is 4.89. The zero-order valence-corrected chi connectivity index (χ0v) is 20.0. The fourth-order valence-corrected chi connectivity index (χ4v) is 4.72. The lowest BCUT2D eigenvalue weighted by molar-refractivity contribution is -0.123. The zero-order chi connectivity index (χ0) is 24.0. The summed E-state index contributed by atoms with van der Waals surface area (Å²) in [6.07, 6.45) is 5.43. The molecule has 0 aliphatic carbocycles. The van der Waals surface area contributed by atoms with Gasteiger partial charge < -0.3 is 14.4 Å². The molecule has 1 fully saturated rings. The number of nitrogens with zero attached hydrogens (tertiary/aromatic N) is 1. The van der Waals surface area contributed by atoms with Gasteiger partial charge in [0.1, 0.15) is 5.57 Å². The van der Waals surface area contributed by atoms with Crippen molar-refractivity contribution < 1.29 is 19.1 Å². The Morgan fingerprint density at radius 2 is 1.59 bits per heavy atom. The molecule has 3 aliphatic heterocycles. The van der Waals surface area contributed by atoms with Gasteiger partial charge in [-0.15, -0.1) is 0 Å². The SMILES string of the molecule is CCCCN1/C(=C/C=C2C(=O)NC(=S)NC2=O)C(C)(C)c2cc3c(cc21)Oc1ccccc1O3. The maximum absolute atomic E-state index is 12.3. The molecule has 0 atom stereocenters. The molecule has 34 heavy (non-hydrogen) atoms. The van der Waals surface area contributed by atoms with Crippen LogP contribution in [0.3, 0.4) is 0 Å². The Bertz CT molecular complexity index is 1270. The van der Waals surface area contributed by atoms with Crippen LogP contribution in [0.5, 0.6) is 23.0 Å². The number of para-hydroxylation sites is 2. The molecule has 5 rings (SSSR count). The fourth-order valence-electron chi connectivity index (χ4n) is 4.54. The van der Waals surface area contributed by atoms with Gasteiger partial charge >= 0.3 is 0 Å². The van der Waals surface area contributed by atoms with Gasteiger partial charge in [0.05, 0.1) is 0 Å². The molecule has 0 radical (unpaired) electrons. The van der Waals surface area contributed by atoms with Crippen LogP contribution in [0.2, 0.25) is 0 Å². The van der Waals surface area contributed by atoms with Crippen molar-refractivity contribution in [1.82, 2.24) is 10.6 Å². The van der Waals surface area contributed by atoms with Crippen LogP contribution in [0, 0.1) is 0 Å². The number of fused-ring (bicyclic) bond motifs is 3. The highest BCUT2D eigenvalue weighted by Crippen LogP contribution is 2.54. The largest absolute Gasteiger partial charge is 0.449 e. The van der Waals surface area contributed by atoms with Crippen molar-refractivity contribution in [2.24, 2.45) is 0 Å². The molecule has 174 valence electrons. The number of amides is 2. The average molecular weight is 476 g/mol. The third kappa shape index (κ3) is 3.64. The number of carbonyl (C=O) groups is 2. The van der Waals surface area contributed by atoms with Gasteiger partial charge in [-0.25, -0.2) is 0 Å². The summed E-state index contributed by atoms with van der Waals surface area (Å²) in [4.78, 5) is 26.9. The van der Waals surface area contributed by atoms with Gasteiger partial charge in [0.25, 0.3) is 11.8 Å². The number of anilines is 1. The Morgan fingerprint density at radius 1 is 0.971 bits per heavy atom. The van der Waals surface area contributed by atoms with E-state index in [1.165, 1.54) is 0 Å². The maximum atomic E-state index is 12.3. The molecule has 8 heteroatoms. The van der Waals surface area contributed by atoms with E-state index in [0.29, 0.717) is 23.0 Å². The van der Waals surface area contributed by atoms with Crippen LogP contribution in [0.1, 0.15) is 39.2 Å². The first-order valence-electron chi connectivity index (χ1n) is 11.3. The summed E-state index contributed by atoms with van der Waals surface area (Å²) in [5.74, 6) is 1.68. The quantitative estimate of drug-likeness (QED) is 0.320. The number of allylic oxidation sites excluding steroid dienone is 3. The van der Waals surface area contributed by atoms with E-state index in [4.69, 9.17) is 21.7 Å². The van der Waals surface area contributed by atoms with Gasteiger partial charge in [0, 0.05) is 29.4 Å². The number of rotatable bonds is 4. The first-order chi connectivity index (χ1) is 16.3. The van der Waals surface area contributed by atoms with Gasteiger partial charge in [-0.05, 0) is 54.6 Å². The second-order valence-electron chi connectivity index (χ2n) is 8.97. The molecule has 2 amide bonds. The summed E-state index contributed by atoms with van der Waals surface area (Å²) < 4.78 is 12.3. The minimum Gasteiger partial charge on any atom is -0.449 e. The predicted molar refractivity (Wildman–Crippen MR) is 133 cm³/mol. The van der Waals surface area contributed by atoms with Gasteiger partial charge in [-0.1, -0.05) is 39.3 Å². The predicted octanol–water partition coefficient (Wildman–Crippen LogP) is 4.82. The Balaban J connectivity index is 1.58.